The molecule has 2 heterocycles. The molecule has 0 bridgehead atoms. The third kappa shape index (κ3) is 4.15. The molecule has 6 heteroatoms. The number of furan rings is 1. The van der Waals surface area contributed by atoms with E-state index >= 15 is 0 Å². The number of amides is 1. The molecule has 0 atom stereocenters. The summed E-state index contributed by atoms with van der Waals surface area (Å²) in [7, 11) is 0. The molecule has 2 N–H and O–H groups in total. The molecule has 2 aromatic carbocycles. The van der Waals surface area contributed by atoms with E-state index in [1.165, 1.54) is 18.2 Å². The molecule has 148 valence electrons. The van der Waals surface area contributed by atoms with Crippen LogP contribution in [0.5, 0.6) is 0 Å². The molecular formula is C24H18FN3O2. The van der Waals surface area contributed by atoms with E-state index < -0.39 is 5.91 Å². The average molecular weight is 399 g/mol. The van der Waals surface area contributed by atoms with Gasteiger partial charge in [-0.3, -0.25) is 4.79 Å². The van der Waals surface area contributed by atoms with E-state index in [1.807, 2.05) is 36.5 Å². The summed E-state index contributed by atoms with van der Waals surface area (Å²) in [5.41, 5.74) is 2.81. The highest BCUT2D eigenvalue weighted by Gasteiger charge is 2.11. The number of hydrogen-bond acceptors (Lipinski definition) is 3. The fraction of sp³-hybridized carbons (Fsp3) is 0.0833. The van der Waals surface area contributed by atoms with E-state index in [0.717, 1.165) is 16.5 Å². The minimum absolute atomic E-state index is 0.0473. The number of rotatable bonds is 6. The van der Waals surface area contributed by atoms with E-state index in [0.29, 0.717) is 30.0 Å². The summed E-state index contributed by atoms with van der Waals surface area (Å²) in [4.78, 5) is 15.6. The van der Waals surface area contributed by atoms with Gasteiger partial charge in [-0.1, -0.05) is 18.2 Å². The van der Waals surface area contributed by atoms with Crippen molar-refractivity contribution in [3.05, 3.63) is 89.6 Å². The van der Waals surface area contributed by atoms with Crippen LogP contribution >= 0.6 is 0 Å². The van der Waals surface area contributed by atoms with Gasteiger partial charge in [0.05, 0.1) is 0 Å². The van der Waals surface area contributed by atoms with E-state index in [-0.39, 0.29) is 11.4 Å². The van der Waals surface area contributed by atoms with Crippen LogP contribution < -0.4 is 5.32 Å². The van der Waals surface area contributed by atoms with E-state index in [1.54, 1.807) is 24.3 Å². The van der Waals surface area contributed by atoms with Gasteiger partial charge in [0, 0.05) is 35.3 Å². The maximum absolute atomic E-state index is 13.1. The smallest absolute Gasteiger partial charge is 0.262 e. The van der Waals surface area contributed by atoms with Crippen LogP contribution in [-0.4, -0.2) is 17.4 Å². The van der Waals surface area contributed by atoms with Crippen molar-refractivity contribution >= 4 is 22.9 Å². The van der Waals surface area contributed by atoms with E-state index in [2.05, 4.69) is 10.3 Å². The molecule has 0 saturated carbocycles. The van der Waals surface area contributed by atoms with Crippen molar-refractivity contribution in [2.45, 2.75) is 6.42 Å². The zero-order valence-corrected chi connectivity index (χ0v) is 16.0. The number of H-pyrrole nitrogens is 1. The Hall–Kier alpha value is -4.11. The second kappa shape index (κ2) is 8.50. The molecule has 0 fully saturated rings. The van der Waals surface area contributed by atoms with Gasteiger partial charge in [0.25, 0.3) is 5.91 Å². The summed E-state index contributed by atoms with van der Waals surface area (Å²) in [6.07, 6.45) is 3.97. The standard InChI is InChI=1S/C24H18FN3O2/c25-19-7-5-16(6-8-19)23-10-9-20(30-23)13-18(14-26)24(29)27-12-11-17-15-28-22-4-2-1-3-21(17)22/h1-10,13,15,28H,11-12H2,(H,27,29). The van der Waals surface area contributed by atoms with Crippen molar-refractivity contribution in [3.63, 3.8) is 0 Å². The number of carbonyl (C=O) groups is 1. The fourth-order valence-corrected chi connectivity index (χ4v) is 3.23. The number of nitrogens with one attached hydrogen (secondary N) is 2. The largest absolute Gasteiger partial charge is 0.457 e. The Balaban J connectivity index is 1.41. The number of carbonyl (C=O) groups excluding carboxylic acids is 1. The van der Waals surface area contributed by atoms with Gasteiger partial charge in [0.2, 0.25) is 0 Å². The zero-order valence-electron chi connectivity index (χ0n) is 16.0. The molecule has 2 aromatic heterocycles. The Bertz CT molecular complexity index is 1260. The molecule has 4 aromatic rings. The van der Waals surface area contributed by atoms with Crippen LogP contribution in [0.4, 0.5) is 4.39 Å². The van der Waals surface area contributed by atoms with Crippen molar-refractivity contribution in [1.82, 2.24) is 10.3 Å². The Morgan fingerprint density at radius 2 is 1.93 bits per heavy atom. The molecule has 1 amide bonds. The van der Waals surface area contributed by atoms with Crippen molar-refractivity contribution < 1.29 is 13.6 Å². The van der Waals surface area contributed by atoms with E-state index in [9.17, 15) is 14.4 Å². The Labute approximate surface area is 172 Å². The number of aromatic amines is 1. The number of nitriles is 1. The molecule has 0 aliphatic carbocycles. The maximum Gasteiger partial charge on any atom is 0.262 e. The van der Waals surface area contributed by atoms with Crippen LogP contribution in [0.2, 0.25) is 0 Å². The minimum atomic E-state index is -0.461. The van der Waals surface area contributed by atoms with Crippen molar-refractivity contribution in [2.75, 3.05) is 6.54 Å². The van der Waals surface area contributed by atoms with Crippen molar-refractivity contribution in [2.24, 2.45) is 0 Å². The molecule has 5 nitrogen and oxygen atoms in total. The summed E-state index contributed by atoms with van der Waals surface area (Å²) in [5.74, 6) is 0.106. The lowest BCUT2D eigenvalue weighted by Gasteiger charge is -2.03. The second-order valence-electron chi connectivity index (χ2n) is 6.74. The molecule has 0 unspecified atom stereocenters. The average Bonchev–Trinajstić information content (AvgIpc) is 3.40. The summed E-state index contributed by atoms with van der Waals surface area (Å²) in [6.45, 7) is 0.401. The lowest BCUT2D eigenvalue weighted by Crippen LogP contribution is -2.26. The quantitative estimate of drug-likeness (QED) is 0.360. The Kier molecular flexibility index (Phi) is 5.44. The topological polar surface area (TPSA) is 81.8 Å². The summed E-state index contributed by atoms with van der Waals surface area (Å²) in [5, 5.41) is 13.3. The number of halogens is 1. The van der Waals surface area contributed by atoms with Crippen LogP contribution in [0, 0.1) is 17.1 Å². The Morgan fingerprint density at radius 1 is 1.13 bits per heavy atom. The van der Waals surface area contributed by atoms with Gasteiger partial charge in [-0.05, 0) is 54.4 Å². The van der Waals surface area contributed by atoms with Gasteiger partial charge in [-0.25, -0.2) is 4.39 Å². The monoisotopic (exact) mass is 399 g/mol. The van der Waals surface area contributed by atoms with Gasteiger partial charge < -0.3 is 14.7 Å². The molecule has 4 rings (SSSR count). The number of nitrogens with zero attached hydrogens (tertiary/aromatic N) is 1. The van der Waals surface area contributed by atoms with Gasteiger partial charge in [-0.15, -0.1) is 0 Å². The number of para-hydroxylation sites is 1. The van der Waals surface area contributed by atoms with Crippen LogP contribution in [0.3, 0.4) is 0 Å². The van der Waals surface area contributed by atoms with Gasteiger partial charge in [0.15, 0.2) is 0 Å². The molecule has 0 spiro atoms. The van der Waals surface area contributed by atoms with Gasteiger partial charge >= 0.3 is 0 Å². The predicted octanol–water partition coefficient (Wildman–Crippen LogP) is 4.83. The summed E-state index contributed by atoms with van der Waals surface area (Å²) >= 11 is 0. The predicted molar refractivity (Wildman–Crippen MR) is 113 cm³/mol. The second-order valence-corrected chi connectivity index (χ2v) is 6.74. The molecular weight excluding hydrogens is 381 g/mol. The van der Waals surface area contributed by atoms with Gasteiger partial charge in [-0.2, -0.15) is 5.26 Å². The number of benzene rings is 2. The number of hydrogen-bond donors (Lipinski definition) is 2. The van der Waals surface area contributed by atoms with E-state index in [4.69, 9.17) is 4.42 Å². The van der Waals surface area contributed by atoms with Crippen molar-refractivity contribution in [3.8, 4) is 17.4 Å². The van der Waals surface area contributed by atoms with Crippen molar-refractivity contribution in [1.29, 1.82) is 5.26 Å². The van der Waals surface area contributed by atoms with Gasteiger partial charge in [0.1, 0.15) is 29.0 Å². The Morgan fingerprint density at radius 3 is 2.73 bits per heavy atom. The first-order chi connectivity index (χ1) is 14.6. The minimum Gasteiger partial charge on any atom is -0.457 e. The first kappa shape index (κ1) is 19.2. The fourth-order valence-electron chi connectivity index (χ4n) is 3.23. The molecule has 0 saturated heterocycles. The van der Waals surface area contributed by atoms with Crippen LogP contribution in [0.25, 0.3) is 28.3 Å². The highest BCUT2D eigenvalue weighted by Crippen LogP contribution is 2.23. The molecule has 0 radical (unpaired) electrons. The zero-order chi connectivity index (χ0) is 20.9. The van der Waals surface area contributed by atoms with Crippen LogP contribution in [0.1, 0.15) is 11.3 Å². The summed E-state index contributed by atoms with van der Waals surface area (Å²) < 4.78 is 18.7. The maximum atomic E-state index is 13.1. The SMILES string of the molecule is N#CC(=Cc1ccc(-c2ccc(F)cc2)o1)C(=O)NCCc1c[nH]c2ccccc12. The first-order valence-corrected chi connectivity index (χ1v) is 9.45. The molecule has 0 aliphatic heterocycles. The third-order valence-corrected chi connectivity index (χ3v) is 4.76. The normalized spacial score (nSPS) is 11.4. The molecule has 0 aliphatic rings. The lowest BCUT2D eigenvalue weighted by molar-refractivity contribution is -0.117. The lowest BCUT2D eigenvalue weighted by atomic mass is 10.1. The van der Waals surface area contributed by atoms with Crippen LogP contribution in [0.15, 0.2) is 76.9 Å². The number of fused-ring (bicyclic) bond motifs is 1. The number of aromatic nitrogens is 1. The highest BCUT2D eigenvalue weighted by atomic mass is 19.1. The summed E-state index contributed by atoms with van der Waals surface area (Å²) in [6, 6.07) is 19.1. The van der Waals surface area contributed by atoms with Crippen LogP contribution in [-0.2, 0) is 11.2 Å². The third-order valence-electron chi connectivity index (χ3n) is 4.76. The highest BCUT2D eigenvalue weighted by molar-refractivity contribution is 6.01. The first-order valence-electron chi connectivity index (χ1n) is 9.45. The molecule has 30 heavy (non-hydrogen) atoms.